The molecule has 4 N–H and O–H groups in total. The molecule has 1 saturated heterocycles. The minimum Gasteiger partial charge on any atom is -0.394 e. The van der Waals surface area contributed by atoms with Gasteiger partial charge in [-0.05, 0) is 5.04 Å². The molecule has 0 saturated carbocycles. The number of ether oxygens (including phenoxy) is 1. The summed E-state index contributed by atoms with van der Waals surface area (Å²) in [7, 11) is -2.48. The molecular formula is C15H25FN2O6Si. The fourth-order valence-electron chi connectivity index (χ4n) is 2.68. The maximum atomic E-state index is 15.3. The summed E-state index contributed by atoms with van der Waals surface area (Å²) < 4.78 is 20.8. The summed E-state index contributed by atoms with van der Waals surface area (Å²) in [6.45, 7) is 9.51. The number of H-pyrrole nitrogens is 1. The molecule has 0 aliphatic carbocycles. The van der Waals surface area contributed by atoms with Crippen molar-refractivity contribution >= 4 is 8.07 Å². The van der Waals surface area contributed by atoms with Gasteiger partial charge in [-0.1, -0.05) is 33.9 Å². The van der Waals surface area contributed by atoms with E-state index in [1.54, 1.807) is 0 Å². The van der Waals surface area contributed by atoms with E-state index in [4.69, 9.17) is 4.74 Å². The van der Waals surface area contributed by atoms with Crippen LogP contribution in [0.25, 0.3) is 0 Å². The fraction of sp³-hybridized carbons (Fsp3) is 0.733. The van der Waals surface area contributed by atoms with Gasteiger partial charge in [0.25, 0.3) is 5.56 Å². The lowest BCUT2D eigenvalue weighted by molar-refractivity contribution is -0.242. The van der Waals surface area contributed by atoms with E-state index in [-0.39, 0.29) is 5.04 Å². The van der Waals surface area contributed by atoms with Gasteiger partial charge < -0.3 is 20.1 Å². The van der Waals surface area contributed by atoms with Gasteiger partial charge in [-0.2, -0.15) is 4.39 Å². The zero-order valence-corrected chi connectivity index (χ0v) is 15.9. The smallest absolute Gasteiger partial charge is 0.332 e. The predicted molar refractivity (Wildman–Crippen MR) is 90.5 cm³/mol. The van der Waals surface area contributed by atoms with Crippen molar-refractivity contribution < 1.29 is 24.4 Å². The Hall–Kier alpha value is -1.33. The molecule has 0 amide bonds. The van der Waals surface area contributed by atoms with E-state index < -0.39 is 49.3 Å². The molecule has 10 heteroatoms. The van der Waals surface area contributed by atoms with Crippen LogP contribution in [-0.4, -0.2) is 57.0 Å². The van der Waals surface area contributed by atoms with Gasteiger partial charge in [-0.3, -0.25) is 9.78 Å². The molecular weight excluding hydrogens is 351 g/mol. The van der Waals surface area contributed by atoms with E-state index in [0.29, 0.717) is 4.57 Å². The first-order valence-electron chi connectivity index (χ1n) is 7.97. The average molecular weight is 376 g/mol. The van der Waals surface area contributed by atoms with Crippen LogP contribution in [0.2, 0.25) is 18.1 Å². The summed E-state index contributed by atoms with van der Waals surface area (Å²) in [4.78, 5) is 24.9. The van der Waals surface area contributed by atoms with E-state index in [1.165, 1.54) is 0 Å². The maximum absolute atomic E-state index is 15.3. The molecule has 0 spiro atoms. The van der Waals surface area contributed by atoms with Crippen molar-refractivity contribution in [2.24, 2.45) is 0 Å². The molecule has 0 bridgehead atoms. The second kappa shape index (κ2) is 6.13. The molecule has 5 atom stereocenters. The monoisotopic (exact) mass is 376 g/mol. The highest BCUT2D eigenvalue weighted by molar-refractivity contribution is 6.81. The van der Waals surface area contributed by atoms with Crippen molar-refractivity contribution in [2.45, 2.75) is 68.9 Å². The van der Waals surface area contributed by atoms with Crippen LogP contribution in [0.4, 0.5) is 4.39 Å². The first-order chi connectivity index (χ1) is 11.2. The number of hydrogen-bond donors (Lipinski definition) is 4. The van der Waals surface area contributed by atoms with Crippen molar-refractivity contribution in [3.05, 3.63) is 33.1 Å². The standard InChI is InChI=1S/C15H25FN2O6Si/c1-14(2,3)25(4,5)12(22)10-9(20)11(21)15(16,24-10)18-7-6-8(19)17-13(18)23/h6-7,9-12,20-22H,1-5H3,(H,17,19,23)/t9-,10+,11-,12?,15+/m1/s1. The van der Waals surface area contributed by atoms with Crippen LogP contribution in [0, 0.1) is 0 Å². The molecule has 1 aromatic rings. The van der Waals surface area contributed by atoms with Gasteiger partial charge in [-0.25, -0.2) is 9.36 Å². The van der Waals surface area contributed by atoms with Crippen LogP contribution < -0.4 is 11.2 Å². The Bertz CT molecular complexity index is 757. The number of aromatic amines is 1. The molecule has 2 heterocycles. The van der Waals surface area contributed by atoms with Gasteiger partial charge in [0.15, 0.2) is 6.10 Å². The summed E-state index contributed by atoms with van der Waals surface area (Å²) in [5.41, 5.74) is -3.08. The van der Waals surface area contributed by atoms with Crippen molar-refractivity contribution in [1.29, 1.82) is 0 Å². The zero-order valence-electron chi connectivity index (χ0n) is 14.9. The number of alkyl halides is 1. The summed E-state index contributed by atoms with van der Waals surface area (Å²) in [6.07, 6.45) is -4.44. The Labute approximate surface area is 144 Å². The van der Waals surface area contributed by atoms with Crippen molar-refractivity contribution in [1.82, 2.24) is 9.55 Å². The highest BCUT2D eigenvalue weighted by Crippen LogP contribution is 2.44. The van der Waals surface area contributed by atoms with Gasteiger partial charge in [-0.15, -0.1) is 0 Å². The first kappa shape index (κ1) is 20.0. The number of aliphatic hydroxyl groups is 3. The summed E-state index contributed by atoms with van der Waals surface area (Å²) in [6, 6.07) is 0.892. The quantitative estimate of drug-likeness (QED) is 0.534. The minimum absolute atomic E-state index is 0.295. The minimum atomic E-state index is -3.10. The van der Waals surface area contributed by atoms with Crippen LogP contribution >= 0.6 is 0 Å². The Kier molecular flexibility index (Phi) is 4.90. The number of aromatic nitrogens is 2. The lowest BCUT2D eigenvalue weighted by atomic mass is 10.1. The van der Waals surface area contributed by atoms with Crippen LogP contribution in [0.15, 0.2) is 21.9 Å². The molecule has 1 fully saturated rings. The van der Waals surface area contributed by atoms with E-state index in [0.717, 1.165) is 12.3 Å². The Morgan fingerprint density at radius 2 is 1.92 bits per heavy atom. The van der Waals surface area contributed by atoms with Crippen LogP contribution in [0.5, 0.6) is 0 Å². The zero-order chi connectivity index (χ0) is 19.4. The van der Waals surface area contributed by atoms with E-state index >= 15 is 4.39 Å². The number of hydrogen-bond acceptors (Lipinski definition) is 6. The van der Waals surface area contributed by atoms with E-state index in [9.17, 15) is 24.9 Å². The third kappa shape index (κ3) is 3.12. The second-order valence-corrected chi connectivity index (χ2v) is 13.6. The molecule has 1 aromatic heterocycles. The number of nitrogens with one attached hydrogen (secondary N) is 1. The number of halogens is 1. The number of aliphatic hydroxyl groups excluding tert-OH is 3. The number of nitrogens with zero attached hydrogens (tertiary/aromatic N) is 1. The Morgan fingerprint density at radius 1 is 1.36 bits per heavy atom. The Morgan fingerprint density at radius 3 is 2.40 bits per heavy atom. The third-order valence-corrected chi connectivity index (χ3v) is 11.1. The molecule has 1 aliphatic rings. The summed E-state index contributed by atoms with van der Waals surface area (Å²) in [5, 5.41) is 30.9. The molecule has 0 aromatic carbocycles. The molecule has 25 heavy (non-hydrogen) atoms. The third-order valence-electron chi connectivity index (χ3n) is 5.46. The molecule has 2 rings (SSSR count). The van der Waals surface area contributed by atoms with Gasteiger partial charge in [0, 0.05) is 12.3 Å². The largest absolute Gasteiger partial charge is 0.394 e. The SMILES string of the molecule is CC(C)(C)[Si](C)(C)C(O)[C@H]1O[C@@](F)(n2ccc(=O)[nH]c2=O)[C@H](O)[C@@H]1O. The van der Waals surface area contributed by atoms with Gasteiger partial charge >= 0.3 is 11.7 Å². The average Bonchev–Trinajstić information content (AvgIpc) is 2.70. The highest BCUT2D eigenvalue weighted by Gasteiger charge is 2.61. The molecule has 0 radical (unpaired) electrons. The first-order valence-corrected chi connectivity index (χ1v) is 11.0. The molecule has 1 aliphatic heterocycles. The van der Waals surface area contributed by atoms with Crippen LogP contribution in [0.1, 0.15) is 20.8 Å². The van der Waals surface area contributed by atoms with Gasteiger partial charge in [0.2, 0.25) is 0 Å². The lowest BCUT2D eigenvalue weighted by Gasteiger charge is -2.43. The lowest BCUT2D eigenvalue weighted by Crippen LogP contribution is -2.57. The van der Waals surface area contributed by atoms with Gasteiger partial charge in [0.05, 0.1) is 13.8 Å². The second-order valence-electron chi connectivity index (χ2n) is 8.02. The van der Waals surface area contributed by atoms with Crippen molar-refractivity contribution in [3.8, 4) is 0 Å². The van der Waals surface area contributed by atoms with Crippen LogP contribution in [0.3, 0.4) is 0 Å². The maximum Gasteiger partial charge on any atom is 0.332 e. The molecule has 142 valence electrons. The topological polar surface area (TPSA) is 125 Å². The van der Waals surface area contributed by atoms with Gasteiger partial charge in [0.1, 0.15) is 12.2 Å². The van der Waals surface area contributed by atoms with Crippen molar-refractivity contribution in [2.75, 3.05) is 0 Å². The fourth-order valence-corrected chi connectivity index (χ4v) is 4.66. The molecule has 1 unspecified atom stereocenters. The van der Waals surface area contributed by atoms with Crippen LogP contribution in [-0.2, 0) is 10.7 Å². The van der Waals surface area contributed by atoms with E-state index in [1.807, 2.05) is 38.8 Å². The highest BCUT2D eigenvalue weighted by atomic mass is 28.3. The number of rotatable bonds is 3. The van der Waals surface area contributed by atoms with E-state index in [2.05, 4.69) is 0 Å². The van der Waals surface area contributed by atoms with Crippen molar-refractivity contribution in [3.63, 3.8) is 0 Å². The Balaban J connectivity index is 2.44. The summed E-state index contributed by atoms with van der Waals surface area (Å²) >= 11 is 0. The normalized spacial score (nSPS) is 32.0. The molecule has 8 nitrogen and oxygen atoms in total. The predicted octanol–water partition coefficient (Wildman–Crippen LogP) is -0.354. The summed E-state index contributed by atoms with van der Waals surface area (Å²) in [5.74, 6) is -3.10.